The number of nitrogen functional groups attached to an aromatic ring is 1. The lowest BCUT2D eigenvalue weighted by molar-refractivity contribution is 0.641. The van der Waals surface area contributed by atoms with Gasteiger partial charge in [-0.2, -0.15) is 5.10 Å². The van der Waals surface area contributed by atoms with E-state index in [0.29, 0.717) is 16.6 Å². The Morgan fingerprint density at radius 1 is 1.16 bits per heavy atom. The van der Waals surface area contributed by atoms with Gasteiger partial charge in [0.2, 0.25) is 0 Å². The lowest BCUT2D eigenvalue weighted by Crippen LogP contribution is -2.07. The van der Waals surface area contributed by atoms with Gasteiger partial charge in [0.15, 0.2) is 0 Å². The van der Waals surface area contributed by atoms with Gasteiger partial charge in [-0.15, -0.1) is 0 Å². The second kappa shape index (κ2) is 5.85. The molecule has 0 spiro atoms. The SMILES string of the molecule is CCc1nn(Cc2c(Cl)cccc2Cl)c(CC)c1N. The van der Waals surface area contributed by atoms with E-state index in [2.05, 4.69) is 12.0 Å². The van der Waals surface area contributed by atoms with E-state index in [4.69, 9.17) is 28.9 Å². The number of halogens is 2. The third kappa shape index (κ3) is 2.72. The fourth-order valence-electron chi connectivity index (χ4n) is 2.16. The summed E-state index contributed by atoms with van der Waals surface area (Å²) in [6.45, 7) is 4.66. The largest absolute Gasteiger partial charge is 0.396 e. The van der Waals surface area contributed by atoms with E-state index in [0.717, 1.165) is 35.5 Å². The number of aryl methyl sites for hydroxylation is 1. The quantitative estimate of drug-likeness (QED) is 0.929. The summed E-state index contributed by atoms with van der Waals surface area (Å²) in [6, 6.07) is 5.51. The molecular weight excluding hydrogens is 281 g/mol. The summed E-state index contributed by atoms with van der Waals surface area (Å²) in [5, 5.41) is 5.86. The van der Waals surface area contributed by atoms with Gasteiger partial charge >= 0.3 is 0 Å². The Morgan fingerprint density at radius 3 is 2.32 bits per heavy atom. The fraction of sp³-hybridized carbons (Fsp3) is 0.357. The molecule has 0 saturated carbocycles. The van der Waals surface area contributed by atoms with Crippen molar-refractivity contribution < 1.29 is 0 Å². The van der Waals surface area contributed by atoms with E-state index in [1.807, 2.05) is 29.8 Å². The van der Waals surface area contributed by atoms with Crippen molar-refractivity contribution in [3.8, 4) is 0 Å². The second-order valence-corrected chi connectivity index (χ2v) is 5.19. The third-order valence-corrected chi connectivity index (χ3v) is 3.92. The maximum absolute atomic E-state index is 6.20. The smallest absolute Gasteiger partial charge is 0.0854 e. The number of nitrogens with two attached hydrogens (primary N) is 1. The number of aromatic nitrogens is 2. The van der Waals surface area contributed by atoms with Crippen LogP contribution in [0.15, 0.2) is 18.2 Å². The Kier molecular flexibility index (Phi) is 4.38. The number of hydrogen-bond acceptors (Lipinski definition) is 2. The zero-order valence-corrected chi connectivity index (χ0v) is 12.6. The van der Waals surface area contributed by atoms with Crippen LogP contribution < -0.4 is 5.73 Å². The summed E-state index contributed by atoms with van der Waals surface area (Å²) in [4.78, 5) is 0. The van der Waals surface area contributed by atoms with Gasteiger partial charge in [0.25, 0.3) is 0 Å². The number of hydrogen-bond donors (Lipinski definition) is 1. The van der Waals surface area contributed by atoms with Crippen LogP contribution in [0.3, 0.4) is 0 Å². The summed E-state index contributed by atoms with van der Waals surface area (Å²) in [5.74, 6) is 0. The van der Waals surface area contributed by atoms with Crippen LogP contribution in [-0.2, 0) is 19.4 Å². The van der Waals surface area contributed by atoms with Gasteiger partial charge in [-0.1, -0.05) is 43.1 Å². The molecule has 0 bridgehead atoms. The molecule has 0 radical (unpaired) electrons. The van der Waals surface area contributed by atoms with E-state index < -0.39 is 0 Å². The van der Waals surface area contributed by atoms with Gasteiger partial charge in [0.1, 0.15) is 0 Å². The Morgan fingerprint density at radius 2 is 1.79 bits per heavy atom. The highest BCUT2D eigenvalue weighted by Gasteiger charge is 2.15. The minimum absolute atomic E-state index is 0.548. The summed E-state index contributed by atoms with van der Waals surface area (Å²) >= 11 is 12.4. The minimum atomic E-state index is 0.548. The molecule has 0 atom stereocenters. The van der Waals surface area contributed by atoms with Crippen molar-refractivity contribution in [1.82, 2.24) is 9.78 Å². The summed E-state index contributed by atoms with van der Waals surface area (Å²) < 4.78 is 1.90. The van der Waals surface area contributed by atoms with Crippen LogP contribution in [0.1, 0.15) is 30.8 Å². The molecule has 2 rings (SSSR count). The molecule has 3 nitrogen and oxygen atoms in total. The molecule has 5 heteroatoms. The van der Waals surface area contributed by atoms with E-state index in [1.54, 1.807) is 0 Å². The van der Waals surface area contributed by atoms with Crippen molar-refractivity contribution in [2.75, 3.05) is 5.73 Å². The zero-order valence-electron chi connectivity index (χ0n) is 11.1. The standard InChI is InChI=1S/C14H17Cl2N3/c1-3-12-14(17)13(4-2)19(18-12)8-9-10(15)6-5-7-11(9)16/h5-7H,3-4,8,17H2,1-2H3. The molecule has 0 unspecified atom stereocenters. The molecule has 0 aliphatic carbocycles. The first-order valence-electron chi connectivity index (χ1n) is 6.35. The van der Waals surface area contributed by atoms with Gasteiger partial charge < -0.3 is 5.73 Å². The Balaban J connectivity index is 2.43. The van der Waals surface area contributed by atoms with Crippen molar-refractivity contribution in [1.29, 1.82) is 0 Å². The molecule has 2 N–H and O–H groups in total. The Labute approximate surface area is 123 Å². The first kappa shape index (κ1) is 14.2. The van der Waals surface area contributed by atoms with Crippen molar-refractivity contribution in [2.45, 2.75) is 33.2 Å². The van der Waals surface area contributed by atoms with Gasteiger partial charge in [-0.25, -0.2) is 0 Å². The van der Waals surface area contributed by atoms with Crippen molar-refractivity contribution in [3.63, 3.8) is 0 Å². The van der Waals surface area contributed by atoms with Crippen LogP contribution in [0.2, 0.25) is 10.0 Å². The van der Waals surface area contributed by atoms with E-state index >= 15 is 0 Å². The Bertz CT molecular complexity index is 570. The highest BCUT2D eigenvalue weighted by molar-refractivity contribution is 6.35. The van der Waals surface area contributed by atoms with Crippen LogP contribution in [0.25, 0.3) is 0 Å². The lowest BCUT2D eigenvalue weighted by atomic mass is 10.2. The van der Waals surface area contributed by atoms with Crippen molar-refractivity contribution in [3.05, 3.63) is 45.2 Å². The summed E-state index contributed by atoms with van der Waals surface area (Å²) in [5.41, 5.74) is 9.74. The molecule has 1 aromatic heterocycles. The van der Waals surface area contributed by atoms with Gasteiger partial charge in [0.05, 0.1) is 23.6 Å². The van der Waals surface area contributed by atoms with E-state index in [-0.39, 0.29) is 0 Å². The van der Waals surface area contributed by atoms with Crippen molar-refractivity contribution >= 4 is 28.9 Å². The molecule has 0 fully saturated rings. The molecule has 0 aliphatic heterocycles. The number of benzene rings is 1. The maximum Gasteiger partial charge on any atom is 0.0854 e. The highest BCUT2D eigenvalue weighted by atomic mass is 35.5. The molecular formula is C14H17Cl2N3. The predicted molar refractivity (Wildman–Crippen MR) is 81.0 cm³/mol. The van der Waals surface area contributed by atoms with Crippen LogP contribution in [0.5, 0.6) is 0 Å². The van der Waals surface area contributed by atoms with Gasteiger partial charge in [-0.3, -0.25) is 4.68 Å². The average molecular weight is 298 g/mol. The average Bonchev–Trinajstić information content (AvgIpc) is 2.69. The second-order valence-electron chi connectivity index (χ2n) is 4.37. The van der Waals surface area contributed by atoms with Gasteiger partial charge in [0, 0.05) is 15.6 Å². The molecule has 0 aliphatic rings. The summed E-state index contributed by atoms with van der Waals surface area (Å²) in [6.07, 6.45) is 1.66. The minimum Gasteiger partial charge on any atom is -0.396 e. The monoisotopic (exact) mass is 297 g/mol. The van der Waals surface area contributed by atoms with Gasteiger partial charge in [-0.05, 0) is 25.0 Å². The number of rotatable bonds is 4. The molecule has 0 amide bonds. The van der Waals surface area contributed by atoms with Crippen molar-refractivity contribution in [2.24, 2.45) is 0 Å². The molecule has 1 heterocycles. The van der Waals surface area contributed by atoms with Crippen LogP contribution >= 0.6 is 23.2 Å². The van der Waals surface area contributed by atoms with Crippen LogP contribution in [0, 0.1) is 0 Å². The van der Waals surface area contributed by atoms with Crippen LogP contribution in [-0.4, -0.2) is 9.78 Å². The molecule has 19 heavy (non-hydrogen) atoms. The first-order chi connectivity index (χ1) is 9.08. The fourth-order valence-corrected chi connectivity index (χ4v) is 2.68. The molecule has 2 aromatic rings. The molecule has 0 saturated heterocycles. The molecule has 102 valence electrons. The predicted octanol–water partition coefficient (Wildman–Crippen LogP) is 3.95. The lowest BCUT2D eigenvalue weighted by Gasteiger charge is -2.09. The number of anilines is 1. The maximum atomic E-state index is 6.20. The topological polar surface area (TPSA) is 43.8 Å². The third-order valence-electron chi connectivity index (χ3n) is 3.21. The van der Waals surface area contributed by atoms with Crippen LogP contribution in [0.4, 0.5) is 5.69 Å². The zero-order chi connectivity index (χ0) is 14.0. The van der Waals surface area contributed by atoms with E-state index in [1.165, 1.54) is 0 Å². The summed E-state index contributed by atoms with van der Waals surface area (Å²) in [7, 11) is 0. The molecule has 1 aromatic carbocycles. The number of nitrogens with zero attached hydrogens (tertiary/aromatic N) is 2. The van der Waals surface area contributed by atoms with E-state index in [9.17, 15) is 0 Å². The highest BCUT2D eigenvalue weighted by Crippen LogP contribution is 2.27. The Hall–Kier alpha value is -1.19. The first-order valence-corrected chi connectivity index (χ1v) is 7.10. The normalized spacial score (nSPS) is 10.9.